The molecule has 1 amide bonds. The molecular weight excluding hydrogens is 526 g/mol. The Morgan fingerprint density at radius 2 is 1.76 bits per heavy atom. The van der Waals surface area contributed by atoms with Crippen LogP contribution in [0.15, 0.2) is 35.9 Å². The first-order chi connectivity index (χ1) is 19.9. The summed E-state index contributed by atoms with van der Waals surface area (Å²) in [6, 6.07) is 7.09. The van der Waals surface area contributed by atoms with Crippen molar-refractivity contribution in [1.29, 1.82) is 0 Å². The first-order valence-corrected chi connectivity index (χ1v) is 16.5. The molecule has 0 heterocycles. The third-order valence-corrected chi connectivity index (χ3v) is 11.5. The summed E-state index contributed by atoms with van der Waals surface area (Å²) in [6.45, 7) is 11.4. The van der Waals surface area contributed by atoms with Crippen LogP contribution >= 0.6 is 0 Å². The molecule has 234 valence electrons. The molecule has 0 spiro atoms. The van der Waals surface area contributed by atoms with E-state index in [1.54, 1.807) is 12.1 Å². The van der Waals surface area contributed by atoms with Gasteiger partial charge >= 0.3 is 12.1 Å². The van der Waals surface area contributed by atoms with Gasteiger partial charge in [-0.1, -0.05) is 76.3 Å². The van der Waals surface area contributed by atoms with Gasteiger partial charge in [-0.05, 0) is 111 Å². The number of hydrogen-bond donors (Lipinski definition) is 3. The summed E-state index contributed by atoms with van der Waals surface area (Å²) in [6.07, 6.45) is 16.9. The number of rotatable bonds is 8. The van der Waals surface area contributed by atoms with E-state index in [1.165, 1.54) is 68.9 Å². The zero-order chi connectivity index (χ0) is 30.5. The normalized spacial score (nSPS) is 33.3. The van der Waals surface area contributed by atoms with Crippen molar-refractivity contribution in [2.75, 3.05) is 6.54 Å². The number of unbranched alkanes of at least 4 members (excludes halogenated alkanes) is 1. The fraction of sp³-hybridized carbons (Fsp3) is 0.722. The summed E-state index contributed by atoms with van der Waals surface area (Å²) < 4.78 is 5.58. The molecule has 4 aliphatic rings. The van der Waals surface area contributed by atoms with Crippen molar-refractivity contribution >= 4 is 12.1 Å². The summed E-state index contributed by atoms with van der Waals surface area (Å²) in [7, 11) is 0. The number of phenols is 1. The van der Waals surface area contributed by atoms with Crippen LogP contribution in [0.4, 0.5) is 4.79 Å². The molecule has 0 radical (unpaired) electrons. The highest BCUT2D eigenvalue weighted by atomic mass is 16.6. The second kappa shape index (κ2) is 13.9. The van der Waals surface area contributed by atoms with Crippen molar-refractivity contribution in [2.24, 2.45) is 40.4 Å². The van der Waals surface area contributed by atoms with Crippen LogP contribution in [0.25, 0.3) is 0 Å². The van der Waals surface area contributed by atoms with Crippen LogP contribution in [0, 0.1) is 47.3 Å². The molecule has 5 rings (SSSR count). The van der Waals surface area contributed by atoms with Gasteiger partial charge in [0.1, 0.15) is 18.4 Å². The molecule has 1 aromatic rings. The number of carbonyl (C=O) groups is 2. The van der Waals surface area contributed by atoms with E-state index < -0.39 is 18.6 Å². The molecule has 1 aromatic carbocycles. The lowest BCUT2D eigenvalue weighted by Gasteiger charge is -2.58. The summed E-state index contributed by atoms with van der Waals surface area (Å²) >= 11 is 0. The molecule has 7 unspecified atom stereocenters. The lowest BCUT2D eigenvalue weighted by Crippen LogP contribution is -2.50. The van der Waals surface area contributed by atoms with Crippen LogP contribution in [0.2, 0.25) is 0 Å². The summed E-state index contributed by atoms with van der Waals surface area (Å²) in [5.41, 5.74) is 3.42. The highest BCUT2D eigenvalue weighted by Crippen LogP contribution is 2.66. The Kier molecular flexibility index (Phi) is 10.7. The minimum atomic E-state index is -1.05. The number of phenolic OH excluding ortho intramolecular Hbond substituents is 1. The first kappa shape index (κ1) is 32.4. The Bertz CT molecular complexity index is 1080. The molecule has 3 saturated carbocycles. The number of aryl methyl sites for hydroxylation is 1. The number of hydrogen-bond acceptors (Lipinski definition) is 4. The average Bonchev–Trinajstić information content (AvgIpc) is 3.28. The van der Waals surface area contributed by atoms with Gasteiger partial charge in [0.2, 0.25) is 0 Å². The van der Waals surface area contributed by atoms with E-state index in [0.29, 0.717) is 11.2 Å². The number of aromatic hydroxyl groups is 1. The Hall–Kier alpha value is -2.50. The monoisotopic (exact) mass is 581 g/mol. The third-order valence-electron chi connectivity index (χ3n) is 11.5. The predicted octanol–water partition coefficient (Wildman–Crippen LogP) is 8.66. The average molecular weight is 582 g/mol. The van der Waals surface area contributed by atoms with Crippen molar-refractivity contribution in [1.82, 2.24) is 5.32 Å². The quantitative estimate of drug-likeness (QED) is 0.211. The number of benzene rings is 1. The van der Waals surface area contributed by atoms with E-state index in [2.05, 4.69) is 39.1 Å². The largest absolute Gasteiger partial charge is 0.508 e. The zero-order valence-electron chi connectivity index (χ0n) is 26.7. The molecule has 3 fully saturated rings. The number of amides is 1. The number of carbonyl (C=O) groups excluding carboxylic acids is 1. The van der Waals surface area contributed by atoms with Crippen LogP contribution in [0.3, 0.4) is 0 Å². The van der Waals surface area contributed by atoms with E-state index in [4.69, 9.17) is 14.9 Å². The Morgan fingerprint density at radius 3 is 2.43 bits per heavy atom. The summed E-state index contributed by atoms with van der Waals surface area (Å²) in [5, 5.41) is 19.8. The van der Waals surface area contributed by atoms with Crippen LogP contribution in [-0.4, -0.2) is 34.9 Å². The fourth-order valence-corrected chi connectivity index (χ4v) is 9.14. The SMILES string of the molecule is CC(C)CCCCC1CCC2C3CC=C4CC(OC(=O)NCC(=O)O)CCC4(C)C3CCC12C.Cc1ccc(O)cc1. The molecule has 4 aliphatic carbocycles. The second-order valence-corrected chi connectivity index (χ2v) is 14.6. The topological polar surface area (TPSA) is 95.9 Å². The Labute approximate surface area is 253 Å². The fourth-order valence-electron chi connectivity index (χ4n) is 9.14. The van der Waals surface area contributed by atoms with Gasteiger partial charge in [0.05, 0.1) is 0 Å². The number of nitrogens with one attached hydrogen (secondary N) is 1. The third kappa shape index (κ3) is 7.52. The number of ether oxygens (including phenoxy) is 1. The van der Waals surface area contributed by atoms with Crippen molar-refractivity contribution < 1.29 is 24.5 Å². The molecule has 6 nitrogen and oxygen atoms in total. The number of aliphatic carboxylic acids is 1. The first-order valence-electron chi connectivity index (χ1n) is 16.5. The molecule has 6 heteroatoms. The van der Waals surface area contributed by atoms with Crippen LogP contribution in [0.5, 0.6) is 5.75 Å². The van der Waals surface area contributed by atoms with E-state index in [1.807, 2.05) is 19.1 Å². The number of fused-ring (bicyclic) bond motifs is 5. The summed E-state index contributed by atoms with van der Waals surface area (Å²) in [4.78, 5) is 22.7. The molecule has 0 saturated heterocycles. The molecular formula is C36H55NO5. The molecule has 0 bridgehead atoms. The van der Waals surface area contributed by atoms with Crippen molar-refractivity contribution in [3.05, 3.63) is 41.5 Å². The van der Waals surface area contributed by atoms with Gasteiger partial charge in [-0.25, -0.2) is 4.79 Å². The Morgan fingerprint density at radius 1 is 1.02 bits per heavy atom. The standard InChI is InChI=1S/C29H47NO4.C7H8O/c1-19(2)7-5-6-8-20-10-12-24-23-11-9-21-17-22(34-27(33)30-18-26(31)32)13-15-29(21,4)25(23)14-16-28(20,24)3;1-6-2-4-7(8)5-3-6/h9,19-20,22-25H,5-8,10-18H2,1-4H3,(H,30,33)(H,31,32);2-5,8H,1H3. The number of alkyl carbamates (subject to hydrolysis) is 1. The van der Waals surface area contributed by atoms with Gasteiger partial charge in [-0.15, -0.1) is 0 Å². The highest BCUT2D eigenvalue weighted by Gasteiger charge is 2.58. The maximum absolute atomic E-state index is 12.0. The van der Waals surface area contributed by atoms with E-state index in [-0.39, 0.29) is 11.5 Å². The van der Waals surface area contributed by atoms with Gasteiger partial charge in [-0.2, -0.15) is 0 Å². The highest BCUT2D eigenvalue weighted by molar-refractivity contribution is 5.76. The lowest BCUT2D eigenvalue weighted by molar-refractivity contribution is -0.135. The van der Waals surface area contributed by atoms with Crippen LogP contribution < -0.4 is 5.32 Å². The number of carboxylic acids is 1. The summed E-state index contributed by atoms with van der Waals surface area (Å²) in [5.74, 6) is 3.45. The minimum absolute atomic E-state index is 0.139. The smallest absolute Gasteiger partial charge is 0.407 e. The lowest BCUT2D eigenvalue weighted by atomic mass is 9.47. The molecule has 0 aliphatic heterocycles. The minimum Gasteiger partial charge on any atom is -0.508 e. The number of allylic oxidation sites excluding steroid dienone is 1. The molecule has 0 aromatic heterocycles. The van der Waals surface area contributed by atoms with Crippen molar-refractivity contribution in [2.45, 2.75) is 118 Å². The maximum Gasteiger partial charge on any atom is 0.407 e. The molecule has 3 N–H and O–H groups in total. The second-order valence-electron chi connectivity index (χ2n) is 14.6. The van der Waals surface area contributed by atoms with Gasteiger partial charge in [0, 0.05) is 6.42 Å². The predicted molar refractivity (Wildman–Crippen MR) is 167 cm³/mol. The van der Waals surface area contributed by atoms with Gasteiger partial charge < -0.3 is 20.3 Å². The van der Waals surface area contributed by atoms with E-state index in [0.717, 1.165) is 48.9 Å². The van der Waals surface area contributed by atoms with Gasteiger partial charge in [-0.3, -0.25) is 4.79 Å². The van der Waals surface area contributed by atoms with E-state index in [9.17, 15) is 9.59 Å². The number of carboxylic acid groups (broad SMARTS) is 1. The van der Waals surface area contributed by atoms with Crippen LogP contribution in [0.1, 0.15) is 110 Å². The van der Waals surface area contributed by atoms with Crippen molar-refractivity contribution in [3.63, 3.8) is 0 Å². The van der Waals surface area contributed by atoms with Gasteiger partial charge in [0.25, 0.3) is 0 Å². The van der Waals surface area contributed by atoms with Crippen LogP contribution in [-0.2, 0) is 9.53 Å². The molecule has 42 heavy (non-hydrogen) atoms. The Balaban J connectivity index is 0.000000437. The maximum atomic E-state index is 12.0. The zero-order valence-corrected chi connectivity index (χ0v) is 26.7. The van der Waals surface area contributed by atoms with Crippen molar-refractivity contribution in [3.8, 4) is 5.75 Å². The molecule has 7 atom stereocenters. The van der Waals surface area contributed by atoms with E-state index >= 15 is 0 Å². The van der Waals surface area contributed by atoms with Gasteiger partial charge in [0.15, 0.2) is 0 Å².